The summed E-state index contributed by atoms with van der Waals surface area (Å²) < 4.78 is 18.7. The minimum Gasteiger partial charge on any atom is -0.385 e. The Morgan fingerprint density at radius 2 is 1.89 bits per heavy atom. The van der Waals surface area contributed by atoms with Gasteiger partial charge in [-0.05, 0) is 29.3 Å². The number of hydrogen-bond acceptors (Lipinski definition) is 4. The lowest BCUT2D eigenvalue weighted by Crippen LogP contribution is -2.08. The van der Waals surface area contributed by atoms with Crippen LogP contribution in [0, 0.1) is 6.92 Å². The van der Waals surface area contributed by atoms with Crippen molar-refractivity contribution in [3.05, 3.63) is 15.9 Å². The maximum absolute atomic E-state index is 5.55. The Morgan fingerprint density at radius 3 is 2.50 bits per heavy atom. The van der Waals surface area contributed by atoms with Gasteiger partial charge in [-0.15, -0.1) is 0 Å². The summed E-state index contributed by atoms with van der Waals surface area (Å²) in [6, 6.07) is 0. The summed E-state index contributed by atoms with van der Waals surface area (Å²) in [5, 5.41) is 4.30. The zero-order valence-electron chi connectivity index (χ0n) is 11.2. The second-order valence-corrected chi connectivity index (χ2v) is 4.77. The summed E-state index contributed by atoms with van der Waals surface area (Å²) in [7, 11) is 3.61. The van der Waals surface area contributed by atoms with Gasteiger partial charge in [-0.2, -0.15) is 5.10 Å². The molecular weight excluding hydrogens is 300 g/mol. The standard InChI is InChI=1S/C12H21BrN2O3/c1-10-12(13)11(15(2)14-10)9-18-8-7-17-6-4-5-16-3/h4-9H2,1-3H3. The van der Waals surface area contributed by atoms with Crippen LogP contribution in [-0.4, -0.2) is 43.3 Å². The van der Waals surface area contributed by atoms with Crippen LogP contribution in [0.5, 0.6) is 0 Å². The largest absolute Gasteiger partial charge is 0.385 e. The molecule has 0 aliphatic heterocycles. The molecule has 1 rings (SSSR count). The van der Waals surface area contributed by atoms with Crippen LogP contribution in [-0.2, 0) is 27.9 Å². The van der Waals surface area contributed by atoms with E-state index in [2.05, 4.69) is 21.0 Å². The molecule has 0 radical (unpaired) electrons. The third-order valence-electron chi connectivity index (χ3n) is 2.51. The van der Waals surface area contributed by atoms with Crippen molar-refractivity contribution in [3.63, 3.8) is 0 Å². The maximum Gasteiger partial charge on any atom is 0.0897 e. The minimum absolute atomic E-state index is 0.541. The number of methoxy groups -OCH3 is 1. The average molecular weight is 321 g/mol. The van der Waals surface area contributed by atoms with E-state index in [9.17, 15) is 0 Å². The van der Waals surface area contributed by atoms with E-state index in [0.29, 0.717) is 26.4 Å². The smallest absolute Gasteiger partial charge is 0.0897 e. The van der Waals surface area contributed by atoms with Crippen molar-refractivity contribution >= 4 is 15.9 Å². The lowest BCUT2D eigenvalue weighted by atomic mass is 10.4. The molecule has 0 aliphatic rings. The Hall–Kier alpha value is -0.430. The molecule has 0 fully saturated rings. The normalized spacial score (nSPS) is 11.1. The van der Waals surface area contributed by atoms with Gasteiger partial charge in [-0.3, -0.25) is 4.68 Å². The van der Waals surface area contributed by atoms with Gasteiger partial charge in [0, 0.05) is 27.4 Å². The van der Waals surface area contributed by atoms with Crippen molar-refractivity contribution in [2.45, 2.75) is 20.0 Å². The first kappa shape index (κ1) is 15.6. The zero-order chi connectivity index (χ0) is 13.4. The summed E-state index contributed by atoms with van der Waals surface area (Å²) in [6.07, 6.45) is 0.920. The van der Waals surface area contributed by atoms with Crippen molar-refractivity contribution in [3.8, 4) is 0 Å². The third kappa shape index (κ3) is 5.06. The highest BCUT2D eigenvalue weighted by molar-refractivity contribution is 9.10. The first-order valence-electron chi connectivity index (χ1n) is 5.99. The Morgan fingerprint density at radius 1 is 1.17 bits per heavy atom. The number of ether oxygens (including phenoxy) is 3. The van der Waals surface area contributed by atoms with E-state index in [4.69, 9.17) is 14.2 Å². The third-order valence-corrected chi connectivity index (χ3v) is 3.54. The predicted molar refractivity (Wildman–Crippen MR) is 72.6 cm³/mol. The van der Waals surface area contributed by atoms with Gasteiger partial charge in [0.25, 0.3) is 0 Å². The molecule has 6 heteroatoms. The molecule has 18 heavy (non-hydrogen) atoms. The topological polar surface area (TPSA) is 45.5 Å². The Bertz CT molecular complexity index is 355. The number of hydrogen-bond donors (Lipinski definition) is 0. The van der Waals surface area contributed by atoms with Crippen molar-refractivity contribution in [1.29, 1.82) is 0 Å². The highest BCUT2D eigenvalue weighted by atomic mass is 79.9. The first-order chi connectivity index (χ1) is 8.66. The van der Waals surface area contributed by atoms with Gasteiger partial charge in [0.1, 0.15) is 0 Å². The summed E-state index contributed by atoms with van der Waals surface area (Å²) in [6.45, 7) is 5.15. The van der Waals surface area contributed by atoms with Crippen LogP contribution in [0.15, 0.2) is 4.47 Å². The Balaban J connectivity index is 2.11. The molecule has 0 bridgehead atoms. The number of aryl methyl sites for hydroxylation is 2. The maximum atomic E-state index is 5.55. The predicted octanol–water partition coefficient (Wildman–Crippen LogP) is 2.06. The molecule has 0 unspecified atom stereocenters. The van der Waals surface area contributed by atoms with E-state index in [1.165, 1.54) is 0 Å². The highest BCUT2D eigenvalue weighted by Gasteiger charge is 2.09. The lowest BCUT2D eigenvalue weighted by molar-refractivity contribution is 0.0317. The van der Waals surface area contributed by atoms with E-state index in [-0.39, 0.29) is 0 Å². The molecule has 1 heterocycles. The fourth-order valence-electron chi connectivity index (χ4n) is 1.53. The zero-order valence-corrected chi connectivity index (χ0v) is 12.8. The van der Waals surface area contributed by atoms with Crippen LogP contribution < -0.4 is 0 Å². The van der Waals surface area contributed by atoms with Crippen LogP contribution in [0.2, 0.25) is 0 Å². The molecule has 0 N–H and O–H groups in total. The number of halogens is 1. The van der Waals surface area contributed by atoms with E-state index in [1.807, 2.05) is 18.7 Å². The van der Waals surface area contributed by atoms with Gasteiger partial charge >= 0.3 is 0 Å². The molecule has 0 spiro atoms. The molecule has 1 aromatic heterocycles. The van der Waals surface area contributed by atoms with Crippen LogP contribution in [0.4, 0.5) is 0 Å². The van der Waals surface area contributed by atoms with Gasteiger partial charge in [-0.1, -0.05) is 0 Å². The van der Waals surface area contributed by atoms with E-state index in [0.717, 1.165) is 28.9 Å². The van der Waals surface area contributed by atoms with E-state index >= 15 is 0 Å². The van der Waals surface area contributed by atoms with Crippen molar-refractivity contribution in [1.82, 2.24) is 9.78 Å². The highest BCUT2D eigenvalue weighted by Crippen LogP contribution is 2.20. The molecular formula is C12H21BrN2O3. The Kier molecular flexibility index (Phi) is 7.50. The number of aromatic nitrogens is 2. The molecule has 0 saturated carbocycles. The van der Waals surface area contributed by atoms with Crippen LogP contribution >= 0.6 is 15.9 Å². The summed E-state index contributed by atoms with van der Waals surface area (Å²) in [4.78, 5) is 0. The lowest BCUT2D eigenvalue weighted by Gasteiger charge is -2.06. The summed E-state index contributed by atoms with van der Waals surface area (Å²) in [5.41, 5.74) is 2.03. The van der Waals surface area contributed by atoms with Gasteiger partial charge in [0.05, 0.1) is 35.7 Å². The fourth-order valence-corrected chi connectivity index (χ4v) is 1.98. The summed E-state index contributed by atoms with van der Waals surface area (Å²) >= 11 is 3.50. The fraction of sp³-hybridized carbons (Fsp3) is 0.750. The Labute approximate surface area is 117 Å². The van der Waals surface area contributed by atoms with Crippen molar-refractivity contribution < 1.29 is 14.2 Å². The molecule has 0 aromatic carbocycles. The van der Waals surface area contributed by atoms with Crippen LogP contribution in [0.1, 0.15) is 17.8 Å². The van der Waals surface area contributed by atoms with Gasteiger partial charge in [-0.25, -0.2) is 0 Å². The van der Waals surface area contributed by atoms with E-state index < -0.39 is 0 Å². The number of rotatable bonds is 9. The SMILES string of the molecule is COCCCOCCOCc1c(Br)c(C)nn1C. The van der Waals surface area contributed by atoms with Gasteiger partial charge in [0.2, 0.25) is 0 Å². The molecule has 5 nitrogen and oxygen atoms in total. The second kappa shape index (κ2) is 8.63. The first-order valence-corrected chi connectivity index (χ1v) is 6.78. The second-order valence-electron chi connectivity index (χ2n) is 3.98. The summed E-state index contributed by atoms with van der Waals surface area (Å²) in [5.74, 6) is 0. The average Bonchev–Trinajstić information content (AvgIpc) is 2.58. The van der Waals surface area contributed by atoms with Crippen LogP contribution in [0.25, 0.3) is 0 Å². The number of nitrogens with zero attached hydrogens (tertiary/aromatic N) is 2. The molecule has 1 aromatic rings. The minimum atomic E-state index is 0.541. The quantitative estimate of drug-likeness (QED) is 0.653. The molecule has 0 atom stereocenters. The van der Waals surface area contributed by atoms with Crippen molar-refractivity contribution in [2.75, 3.05) is 33.5 Å². The van der Waals surface area contributed by atoms with E-state index in [1.54, 1.807) is 7.11 Å². The van der Waals surface area contributed by atoms with Gasteiger partial charge in [0.15, 0.2) is 0 Å². The van der Waals surface area contributed by atoms with Gasteiger partial charge < -0.3 is 14.2 Å². The molecule has 0 amide bonds. The monoisotopic (exact) mass is 320 g/mol. The molecule has 0 aliphatic carbocycles. The molecule has 104 valence electrons. The molecule has 0 saturated heterocycles. The van der Waals surface area contributed by atoms with Crippen LogP contribution in [0.3, 0.4) is 0 Å². The van der Waals surface area contributed by atoms with Crippen molar-refractivity contribution in [2.24, 2.45) is 7.05 Å².